The van der Waals surface area contributed by atoms with E-state index in [0.29, 0.717) is 23.5 Å². The average molecular weight is 336 g/mol. The lowest BCUT2D eigenvalue weighted by atomic mass is 9.91. The third-order valence-corrected chi connectivity index (χ3v) is 4.27. The highest BCUT2D eigenvalue weighted by Crippen LogP contribution is 2.13. The summed E-state index contributed by atoms with van der Waals surface area (Å²) in [6.07, 6.45) is 5.48. The minimum atomic E-state index is -0.209. The molecular formula is C18H21BN4O2. The Morgan fingerprint density at radius 3 is 2.44 bits per heavy atom. The first-order valence-electron chi connectivity index (χ1n) is 8.49. The molecule has 0 radical (unpaired) electrons. The number of aromatic nitrogens is 2. The SMILES string of the molecule is Bc1cc(C(=O)NCc2cnc(C)nc2)cc(C(=O)N2CCCC2)c1. The molecule has 0 unspecified atom stereocenters. The topological polar surface area (TPSA) is 75.2 Å². The molecule has 25 heavy (non-hydrogen) atoms. The molecule has 0 spiro atoms. The van der Waals surface area contributed by atoms with Crippen molar-refractivity contribution in [3.63, 3.8) is 0 Å². The molecule has 128 valence electrons. The van der Waals surface area contributed by atoms with Gasteiger partial charge < -0.3 is 10.2 Å². The Morgan fingerprint density at radius 2 is 1.76 bits per heavy atom. The van der Waals surface area contributed by atoms with Crippen LogP contribution in [0.25, 0.3) is 0 Å². The number of nitrogens with one attached hydrogen (secondary N) is 1. The maximum Gasteiger partial charge on any atom is 0.253 e. The summed E-state index contributed by atoms with van der Waals surface area (Å²) in [7, 11) is 1.89. The van der Waals surface area contributed by atoms with Gasteiger partial charge in [0.15, 0.2) is 0 Å². The van der Waals surface area contributed by atoms with E-state index in [-0.39, 0.29) is 11.8 Å². The molecule has 2 aromatic rings. The van der Waals surface area contributed by atoms with Crippen LogP contribution in [-0.2, 0) is 6.54 Å². The Balaban J connectivity index is 1.71. The molecule has 0 saturated carbocycles. The van der Waals surface area contributed by atoms with E-state index in [1.807, 2.05) is 25.7 Å². The Kier molecular flexibility index (Phi) is 5.12. The number of rotatable bonds is 4. The number of benzene rings is 1. The highest BCUT2D eigenvalue weighted by Gasteiger charge is 2.20. The lowest BCUT2D eigenvalue weighted by Gasteiger charge is -2.16. The maximum absolute atomic E-state index is 12.6. The van der Waals surface area contributed by atoms with Crippen molar-refractivity contribution in [3.05, 3.63) is 53.1 Å². The number of aryl methyl sites for hydroxylation is 1. The van der Waals surface area contributed by atoms with Crippen LogP contribution in [-0.4, -0.2) is 47.6 Å². The highest BCUT2D eigenvalue weighted by atomic mass is 16.2. The summed E-state index contributed by atoms with van der Waals surface area (Å²) >= 11 is 0. The fourth-order valence-electron chi connectivity index (χ4n) is 2.94. The molecule has 7 heteroatoms. The normalized spacial score (nSPS) is 13.7. The second-order valence-electron chi connectivity index (χ2n) is 6.41. The summed E-state index contributed by atoms with van der Waals surface area (Å²) < 4.78 is 0. The van der Waals surface area contributed by atoms with Crippen LogP contribution in [0.4, 0.5) is 0 Å². The van der Waals surface area contributed by atoms with Gasteiger partial charge in [0, 0.05) is 48.7 Å². The van der Waals surface area contributed by atoms with Gasteiger partial charge in [-0.2, -0.15) is 0 Å². The molecule has 2 heterocycles. The summed E-state index contributed by atoms with van der Waals surface area (Å²) in [6, 6.07) is 5.31. The van der Waals surface area contributed by atoms with E-state index >= 15 is 0 Å². The van der Waals surface area contributed by atoms with Crippen molar-refractivity contribution in [1.82, 2.24) is 20.2 Å². The van der Waals surface area contributed by atoms with Crippen molar-refractivity contribution >= 4 is 25.1 Å². The number of carbonyl (C=O) groups is 2. The fourth-order valence-corrected chi connectivity index (χ4v) is 2.94. The van der Waals surface area contributed by atoms with E-state index < -0.39 is 0 Å². The molecule has 0 aliphatic carbocycles. The highest BCUT2D eigenvalue weighted by molar-refractivity contribution is 6.33. The van der Waals surface area contributed by atoms with Gasteiger partial charge in [-0.1, -0.05) is 17.6 Å². The first-order valence-corrected chi connectivity index (χ1v) is 8.49. The van der Waals surface area contributed by atoms with Crippen molar-refractivity contribution in [3.8, 4) is 0 Å². The number of hydrogen-bond donors (Lipinski definition) is 1. The second-order valence-corrected chi connectivity index (χ2v) is 6.41. The zero-order valence-electron chi connectivity index (χ0n) is 14.6. The molecule has 2 amide bonds. The first kappa shape index (κ1) is 17.1. The van der Waals surface area contributed by atoms with E-state index in [2.05, 4.69) is 15.3 Å². The van der Waals surface area contributed by atoms with E-state index in [1.54, 1.807) is 24.5 Å². The predicted molar refractivity (Wildman–Crippen MR) is 97.7 cm³/mol. The quantitative estimate of drug-likeness (QED) is 0.810. The van der Waals surface area contributed by atoms with E-state index in [1.165, 1.54) is 0 Å². The third kappa shape index (κ3) is 4.23. The molecule has 1 fully saturated rings. The van der Waals surface area contributed by atoms with E-state index in [4.69, 9.17) is 0 Å². The van der Waals surface area contributed by atoms with Crippen molar-refractivity contribution in [2.75, 3.05) is 13.1 Å². The molecule has 6 nitrogen and oxygen atoms in total. The van der Waals surface area contributed by atoms with Gasteiger partial charge in [-0.05, 0) is 25.8 Å². The van der Waals surface area contributed by atoms with Crippen molar-refractivity contribution in [2.24, 2.45) is 0 Å². The standard InChI is InChI=1S/C18H21BN4O2/c1-12-20-9-13(10-21-12)11-22-17(24)14-6-15(8-16(19)7-14)18(25)23-4-2-3-5-23/h6-10H,2-5,11,19H2,1H3,(H,22,24). The van der Waals surface area contributed by atoms with Crippen LogP contribution in [0.5, 0.6) is 0 Å². The van der Waals surface area contributed by atoms with Crippen molar-refractivity contribution < 1.29 is 9.59 Å². The van der Waals surface area contributed by atoms with E-state index in [0.717, 1.165) is 37.0 Å². The van der Waals surface area contributed by atoms with E-state index in [9.17, 15) is 9.59 Å². The van der Waals surface area contributed by atoms with Gasteiger partial charge in [0.1, 0.15) is 13.7 Å². The smallest absolute Gasteiger partial charge is 0.253 e. The zero-order valence-corrected chi connectivity index (χ0v) is 14.6. The summed E-state index contributed by atoms with van der Waals surface area (Å²) in [5, 5.41) is 2.85. The number of nitrogens with zero attached hydrogens (tertiary/aromatic N) is 3. The van der Waals surface area contributed by atoms with Crippen LogP contribution in [0.1, 0.15) is 44.9 Å². The molecule has 1 saturated heterocycles. The van der Waals surface area contributed by atoms with Gasteiger partial charge in [0.25, 0.3) is 11.8 Å². The molecular weight excluding hydrogens is 315 g/mol. The molecule has 1 aliphatic heterocycles. The first-order chi connectivity index (χ1) is 12.0. The molecule has 1 aromatic heterocycles. The Bertz CT molecular complexity index is 786. The molecule has 0 atom stereocenters. The zero-order chi connectivity index (χ0) is 17.8. The molecule has 1 N–H and O–H groups in total. The average Bonchev–Trinajstić information content (AvgIpc) is 3.14. The van der Waals surface area contributed by atoms with Crippen molar-refractivity contribution in [1.29, 1.82) is 0 Å². The number of carbonyl (C=O) groups excluding carboxylic acids is 2. The maximum atomic E-state index is 12.6. The summed E-state index contributed by atoms with van der Waals surface area (Å²) in [4.78, 5) is 35.1. The minimum absolute atomic E-state index is 0.00202. The Labute approximate surface area is 148 Å². The van der Waals surface area contributed by atoms with Crippen molar-refractivity contribution in [2.45, 2.75) is 26.3 Å². The fraction of sp³-hybridized carbons (Fsp3) is 0.333. The number of likely N-dealkylation sites (tertiary alicyclic amines) is 1. The summed E-state index contributed by atoms with van der Waals surface area (Å²) in [6.45, 7) is 3.75. The van der Waals surface area contributed by atoms with Gasteiger partial charge in [0.05, 0.1) is 0 Å². The van der Waals surface area contributed by atoms with Crippen LogP contribution in [0.15, 0.2) is 30.6 Å². The lowest BCUT2D eigenvalue weighted by Crippen LogP contribution is -2.30. The molecule has 3 rings (SSSR count). The van der Waals surface area contributed by atoms with Crippen LogP contribution >= 0.6 is 0 Å². The minimum Gasteiger partial charge on any atom is -0.348 e. The monoisotopic (exact) mass is 336 g/mol. The molecule has 1 aliphatic rings. The van der Waals surface area contributed by atoms with Crippen LogP contribution in [0.3, 0.4) is 0 Å². The van der Waals surface area contributed by atoms with Gasteiger partial charge >= 0.3 is 0 Å². The molecule has 0 bridgehead atoms. The predicted octanol–water partition coefficient (Wildman–Crippen LogP) is 0.209. The largest absolute Gasteiger partial charge is 0.348 e. The summed E-state index contributed by atoms with van der Waals surface area (Å²) in [5.74, 6) is 0.487. The van der Waals surface area contributed by atoms with Gasteiger partial charge in [-0.3, -0.25) is 9.59 Å². The number of hydrogen-bond acceptors (Lipinski definition) is 4. The van der Waals surface area contributed by atoms with Gasteiger partial charge in [0.2, 0.25) is 0 Å². The number of amides is 2. The molecule has 1 aromatic carbocycles. The van der Waals surface area contributed by atoms with Crippen LogP contribution in [0, 0.1) is 6.92 Å². The second kappa shape index (κ2) is 7.46. The Morgan fingerprint density at radius 1 is 1.12 bits per heavy atom. The van der Waals surface area contributed by atoms with Crippen LogP contribution < -0.4 is 10.8 Å². The van der Waals surface area contributed by atoms with Crippen LogP contribution in [0.2, 0.25) is 0 Å². The van der Waals surface area contributed by atoms with Gasteiger partial charge in [-0.15, -0.1) is 0 Å². The third-order valence-electron chi connectivity index (χ3n) is 4.27. The Hall–Kier alpha value is -2.70. The van der Waals surface area contributed by atoms with Gasteiger partial charge in [-0.25, -0.2) is 9.97 Å². The lowest BCUT2D eigenvalue weighted by molar-refractivity contribution is 0.0793. The summed E-state index contributed by atoms with van der Waals surface area (Å²) in [5.41, 5.74) is 2.80.